The van der Waals surface area contributed by atoms with Gasteiger partial charge in [0, 0.05) is 5.69 Å². The van der Waals surface area contributed by atoms with Crippen LogP contribution in [-0.4, -0.2) is 53.1 Å². The molecular formula is C20H23F6N6O4P. The highest BCUT2D eigenvalue weighted by atomic mass is 31.2. The maximum absolute atomic E-state index is 13.1. The number of nitrogens with two attached hydrogens (primary N) is 1. The van der Waals surface area contributed by atoms with Crippen molar-refractivity contribution < 1.29 is 45.4 Å². The molecule has 0 aliphatic rings. The normalized spacial score (nSPS) is 14.2. The molecule has 0 bridgehead atoms. The number of hydrogen-bond donors (Lipinski definition) is 4. The first-order valence-electron chi connectivity index (χ1n) is 10.6. The van der Waals surface area contributed by atoms with Crippen molar-refractivity contribution in [3.05, 3.63) is 36.2 Å². The summed E-state index contributed by atoms with van der Waals surface area (Å²) in [6, 6.07) is 7.17. The van der Waals surface area contributed by atoms with Crippen LogP contribution in [0.2, 0.25) is 0 Å². The smallest absolute Gasteiger partial charge is 0.368 e. The van der Waals surface area contributed by atoms with E-state index in [4.69, 9.17) is 10.5 Å². The molecule has 3 aromatic rings. The minimum Gasteiger partial charge on any atom is -0.368 e. The molecule has 3 rings (SSSR count). The summed E-state index contributed by atoms with van der Waals surface area (Å²) in [6.45, 7) is 2.44. The molecule has 37 heavy (non-hydrogen) atoms. The third-order valence-electron chi connectivity index (χ3n) is 5.24. The van der Waals surface area contributed by atoms with Crippen LogP contribution in [0.5, 0.6) is 0 Å². The number of nitrogens with zero attached hydrogens (tertiary/aromatic N) is 4. The van der Waals surface area contributed by atoms with Gasteiger partial charge in [-0.25, -0.2) is 4.98 Å². The van der Waals surface area contributed by atoms with Crippen molar-refractivity contribution >= 4 is 36.2 Å². The van der Waals surface area contributed by atoms with Gasteiger partial charge in [0.1, 0.15) is 0 Å². The number of rotatable bonds is 9. The number of halogens is 6. The maximum atomic E-state index is 13.1. The second kappa shape index (κ2) is 10.1. The van der Waals surface area contributed by atoms with E-state index in [-0.39, 0.29) is 22.9 Å². The Kier molecular flexibility index (Phi) is 7.80. The fourth-order valence-corrected chi connectivity index (χ4v) is 4.85. The van der Waals surface area contributed by atoms with Gasteiger partial charge in [0.05, 0.1) is 31.8 Å². The summed E-state index contributed by atoms with van der Waals surface area (Å²) in [5, 5.41) is -0.843. The summed E-state index contributed by atoms with van der Waals surface area (Å²) in [7, 11) is -6.09. The van der Waals surface area contributed by atoms with E-state index in [0.29, 0.717) is 5.69 Å². The van der Waals surface area contributed by atoms with Crippen molar-refractivity contribution in [1.29, 1.82) is 0 Å². The molecule has 10 nitrogen and oxygen atoms in total. The molecule has 0 aliphatic heterocycles. The molecule has 17 heteroatoms. The van der Waals surface area contributed by atoms with Crippen molar-refractivity contribution in [2.75, 3.05) is 11.1 Å². The molecule has 0 spiro atoms. The zero-order chi connectivity index (χ0) is 27.8. The predicted molar refractivity (Wildman–Crippen MR) is 121 cm³/mol. The number of imidazole rings is 1. The average molecular weight is 556 g/mol. The van der Waals surface area contributed by atoms with Crippen LogP contribution in [-0.2, 0) is 15.8 Å². The Morgan fingerprint density at radius 1 is 1.11 bits per heavy atom. The van der Waals surface area contributed by atoms with Gasteiger partial charge in [-0.2, -0.15) is 36.3 Å². The van der Waals surface area contributed by atoms with Crippen LogP contribution in [0.1, 0.15) is 25.3 Å². The highest BCUT2D eigenvalue weighted by Gasteiger charge is 2.60. The highest BCUT2D eigenvalue weighted by Crippen LogP contribution is 2.60. The number of nitrogens with one attached hydrogen (secondary N) is 1. The lowest BCUT2D eigenvalue weighted by molar-refractivity contribution is -0.220. The van der Waals surface area contributed by atoms with E-state index in [1.54, 1.807) is 12.1 Å². The van der Waals surface area contributed by atoms with E-state index in [0.717, 1.165) is 12.5 Å². The number of aryl methyl sites for hydroxylation is 1. The van der Waals surface area contributed by atoms with Gasteiger partial charge < -0.3 is 30.1 Å². The third-order valence-corrected chi connectivity index (χ3v) is 6.72. The van der Waals surface area contributed by atoms with E-state index < -0.39 is 50.8 Å². The summed E-state index contributed by atoms with van der Waals surface area (Å²) in [5.74, 6) is -0.0274. The van der Waals surface area contributed by atoms with Crippen LogP contribution in [0, 0.1) is 6.92 Å². The lowest BCUT2D eigenvalue weighted by Gasteiger charge is -2.37. The van der Waals surface area contributed by atoms with Gasteiger partial charge in [-0.05, 0) is 25.5 Å². The number of benzene rings is 1. The number of para-hydroxylation sites is 1. The van der Waals surface area contributed by atoms with Gasteiger partial charge in [-0.3, -0.25) is 4.57 Å². The fourth-order valence-electron chi connectivity index (χ4n) is 3.76. The summed E-state index contributed by atoms with van der Waals surface area (Å²) in [5.41, 5.74) is 7.55. The van der Waals surface area contributed by atoms with Gasteiger partial charge >= 0.3 is 19.9 Å². The third kappa shape index (κ3) is 7.09. The Hall–Kier alpha value is -2.94. The van der Waals surface area contributed by atoms with Crippen LogP contribution in [0.15, 0.2) is 30.6 Å². The monoisotopic (exact) mass is 556 g/mol. The first-order chi connectivity index (χ1) is 16.9. The topological polar surface area (TPSA) is 148 Å². The molecule has 0 saturated heterocycles. The molecule has 1 unspecified atom stereocenters. The lowest BCUT2D eigenvalue weighted by atomic mass is 10.1. The van der Waals surface area contributed by atoms with Crippen LogP contribution in [0.4, 0.5) is 43.8 Å². The van der Waals surface area contributed by atoms with E-state index >= 15 is 0 Å². The van der Waals surface area contributed by atoms with Crippen LogP contribution >= 0.6 is 7.60 Å². The molecule has 1 atom stereocenters. The molecule has 204 valence electrons. The first-order valence-corrected chi connectivity index (χ1v) is 12.2. The summed E-state index contributed by atoms with van der Waals surface area (Å²) < 4.78 is 96.9. The Labute approximate surface area is 206 Å². The molecule has 0 saturated carbocycles. The van der Waals surface area contributed by atoms with Crippen LogP contribution < -0.4 is 11.1 Å². The number of hydrogen-bond acceptors (Lipinski definition) is 7. The zero-order valence-electron chi connectivity index (χ0n) is 19.4. The van der Waals surface area contributed by atoms with E-state index in [2.05, 4.69) is 20.3 Å². The van der Waals surface area contributed by atoms with Crippen LogP contribution in [0.3, 0.4) is 0 Å². The minimum atomic E-state index is -6.09. The van der Waals surface area contributed by atoms with Crippen molar-refractivity contribution in [2.45, 2.75) is 57.0 Å². The Bertz CT molecular complexity index is 1290. The van der Waals surface area contributed by atoms with E-state index in [1.165, 1.54) is 10.9 Å². The van der Waals surface area contributed by atoms with Crippen molar-refractivity contribution in [3.63, 3.8) is 0 Å². The number of nitrogen functional groups attached to an aromatic ring is 1. The van der Waals surface area contributed by atoms with Crippen molar-refractivity contribution in [3.8, 4) is 0 Å². The SMILES string of the molecule is Cc1ccccc1Nc1nc(N)nc2c1ncn2CC(C)OC(CC(F)(F)F)(CC(F)(F)F)P(=O)(O)O. The van der Waals surface area contributed by atoms with Gasteiger partial charge in [0.2, 0.25) is 5.95 Å². The Morgan fingerprint density at radius 2 is 1.70 bits per heavy atom. The Balaban J connectivity index is 1.95. The summed E-state index contributed by atoms with van der Waals surface area (Å²) in [6.07, 6.45) is -16.2. The first kappa shape index (κ1) is 28.6. The number of aromatic nitrogens is 4. The van der Waals surface area contributed by atoms with Gasteiger partial charge in [0.25, 0.3) is 0 Å². The molecule has 0 amide bonds. The average Bonchev–Trinajstić information content (AvgIpc) is 3.08. The number of ether oxygens (including phenoxy) is 1. The fraction of sp³-hybridized carbons (Fsp3) is 0.450. The van der Waals surface area contributed by atoms with Gasteiger partial charge in [-0.15, -0.1) is 0 Å². The molecule has 5 N–H and O–H groups in total. The quantitative estimate of drug-likeness (QED) is 0.218. The highest BCUT2D eigenvalue weighted by molar-refractivity contribution is 7.53. The molecular weight excluding hydrogens is 533 g/mol. The molecule has 2 aromatic heterocycles. The van der Waals surface area contributed by atoms with E-state index in [1.807, 2.05) is 19.1 Å². The predicted octanol–water partition coefficient (Wildman–Crippen LogP) is 4.64. The van der Waals surface area contributed by atoms with E-state index in [9.17, 15) is 40.7 Å². The van der Waals surface area contributed by atoms with Crippen LogP contribution in [0.25, 0.3) is 11.2 Å². The molecule has 0 radical (unpaired) electrons. The van der Waals surface area contributed by atoms with Gasteiger partial charge in [-0.1, -0.05) is 18.2 Å². The number of fused-ring (bicyclic) bond motifs is 1. The second-order valence-electron chi connectivity index (χ2n) is 8.44. The zero-order valence-corrected chi connectivity index (χ0v) is 20.3. The maximum Gasteiger partial charge on any atom is 0.392 e. The van der Waals surface area contributed by atoms with Crippen molar-refractivity contribution in [1.82, 2.24) is 19.5 Å². The lowest BCUT2D eigenvalue weighted by Crippen LogP contribution is -2.44. The molecule has 0 aliphatic carbocycles. The molecule has 0 fully saturated rings. The largest absolute Gasteiger partial charge is 0.392 e. The second-order valence-corrected chi connectivity index (χ2v) is 10.3. The summed E-state index contributed by atoms with van der Waals surface area (Å²) in [4.78, 5) is 31.4. The minimum absolute atomic E-state index is 0.0625. The number of anilines is 3. The molecule has 2 heterocycles. The Morgan fingerprint density at radius 3 is 2.24 bits per heavy atom. The molecule has 1 aromatic carbocycles. The number of alkyl halides is 6. The van der Waals surface area contributed by atoms with Gasteiger partial charge in [0.15, 0.2) is 22.3 Å². The standard InChI is InChI=1S/C20H23F6N6O4P/c1-11-5-3-4-6-13(11)29-15-14-16(31-17(27)30-15)32(10-28-14)7-12(2)36-18(37(33,34)35,8-19(21,22)23)9-20(24,25)26/h3-6,10,12H,7-9H2,1-2H3,(H2,33,34,35)(H3,27,29,30,31). The van der Waals surface area contributed by atoms with Crippen molar-refractivity contribution in [2.24, 2.45) is 0 Å². The summed E-state index contributed by atoms with van der Waals surface area (Å²) >= 11 is 0.